The predicted molar refractivity (Wildman–Crippen MR) is 93.3 cm³/mol. The van der Waals surface area contributed by atoms with Crippen LogP contribution >= 0.6 is 0 Å². The smallest absolute Gasteiger partial charge is 0.340 e. The fraction of sp³-hybridized carbons (Fsp3) is 0.278. The fourth-order valence-electron chi connectivity index (χ4n) is 2.12. The Balaban J connectivity index is 2.20. The van der Waals surface area contributed by atoms with Gasteiger partial charge in [-0.2, -0.15) is 0 Å². The SMILES string of the molecule is CCOC(=O)c1ccccc1NC(=O)c1ccnc(NC(C)C)c1. The van der Waals surface area contributed by atoms with Crippen molar-refractivity contribution in [1.82, 2.24) is 4.98 Å². The summed E-state index contributed by atoms with van der Waals surface area (Å²) in [5, 5.41) is 5.90. The average molecular weight is 327 g/mol. The summed E-state index contributed by atoms with van der Waals surface area (Å²) in [6.45, 7) is 5.99. The van der Waals surface area contributed by atoms with E-state index in [2.05, 4.69) is 15.6 Å². The largest absolute Gasteiger partial charge is 0.462 e. The maximum absolute atomic E-state index is 12.5. The lowest BCUT2D eigenvalue weighted by molar-refractivity contribution is 0.0527. The minimum Gasteiger partial charge on any atom is -0.462 e. The third-order valence-electron chi connectivity index (χ3n) is 3.13. The van der Waals surface area contributed by atoms with Crippen molar-refractivity contribution >= 4 is 23.4 Å². The molecule has 2 rings (SSSR count). The molecule has 1 heterocycles. The van der Waals surface area contributed by atoms with Gasteiger partial charge in [0, 0.05) is 17.8 Å². The van der Waals surface area contributed by atoms with Gasteiger partial charge in [0.1, 0.15) is 5.82 Å². The van der Waals surface area contributed by atoms with Crippen LogP contribution in [0.5, 0.6) is 0 Å². The lowest BCUT2D eigenvalue weighted by Gasteiger charge is -2.12. The first-order valence-electron chi connectivity index (χ1n) is 7.81. The number of nitrogens with one attached hydrogen (secondary N) is 2. The molecule has 0 fully saturated rings. The Morgan fingerprint density at radius 3 is 2.67 bits per heavy atom. The van der Waals surface area contributed by atoms with Gasteiger partial charge in [-0.1, -0.05) is 12.1 Å². The van der Waals surface area contributed by atoms with E-state index in [1.54, 1.807) is 49.5 Å². The minimum atomic E-state index is -0.467. The molecular weight excluding hydrogens is 306 g/mol. The lowest BCUT2D eigenvalue weighted by atomic mass is 10.1. The van der Waals surface area contributed by atoms with E-state index < -0.39 is 5.97 Å². The van der Waals surface area contributed by atoms with Crippen LogP contribution in [0.4, 0.5) is 11.5 Å². The normalized spacial score (nSPS) is 10.3. The molecule has 0 spiro atoms. The molecule has 0 atom stereocenters. The number of ether oxygens (including phenoxy) is 1. The van der Waals surface area contributed by atoms with Crippen LogP contribution in [0.15, 0.2) is 42.6 Å². The summed E-state index contributed by atoms with van der Waals surface area (Å²) in [5.74, 6) is -0.164. The topological polar surface area (TPSA) is 80.3 Å². The van der Waals surface area contributed by atoms with Crippen molar-refractivity contribution < 1.29 is 14.3 Å². The molecule has 0 aliphatic rings. The third-order valence-corrected chi connectivity index (χ3v) is 3.13. The van der Waals surface area contributed by atoms with Gasteiger partial charge in [0.05, 0.1) is 17.9 Å². The van der Waals surface area contributed by atoms with Gasteiger partial charge in [0.15, 0.2) is 0 Å². The van der Waals surface area contributed by atoms with Crippen LogP contribution in [0.1, 0.15) is 41.5 Å². The van der Waals surface area contributed by atoms with Gasteiger partial charge in [-0.3, -0.25) is 4.79 Å². The van der Waals surface area contributed by atoms with Gasteiger partial charge in [-0.25, -0.2) is 9.78 Å². The molecule has 0 bridgehead atoms. The minimum absolute atomic E-state index is 0.209. The summed E-state index contributed by atoms with van der Waals surface area (Å²) < 4.78 is 5.01. The molecule has 0 radical (unpaired) electrons. The van der Waals surface area contributed by atoms with Gasteiger partial charge in [-0.05, 0) is 45.0 Å². The number of aromatic nitrogens is 1. The van der Waals surface area contributed by atoms with E-state index in [1.165, 1.54) is 0 Å². The molecule has 2 N–H and O–H groups in total. The van der Waals surface area contributed by atoms with Crippen LogP contribution < -0.4 is 10.6 Å². The Bertz CT molecular complexity index is 729. The lowest BCUT2D eigenvalue weighted by Crippen LogP contribution is -2.17. The molecular formula is C18H21N3O3. The van der Waals surface area contributed by atoms with Crippen molar-refractivity contribution in [3.8, 4) is 0 Å². The first-order valence-corrected chi connectivity index (χ1v) is 7.81. The highest BCUT2D eigenvalue weighted by Crippen LogP contribution is 2.18. The molecule has 0 saturated carbocycles. The number of hydrogen-bond acceptors (Lipinski definition) is 5. The van der Waals surface area contributed by atoms with E-state index in [9.17, 15) is 9.59 Å². The van der Waals surface area contributed by atoms with Gasteiger partial charge in [0.25, 0.3) is 5.91 Å². The standard InChI is InChI=1S/C18H21N3O3/c1-4-24-18(23)14-7-5-6-8-15(14)21-17(22)13-9-10-19-16(11-13)20-12(2)3/h5-12H,4H2,1-3H3,(H,19,20)(H,21,22). The molecule has 6 nitrogen and oxygen atoms in total. The van der Waals surface area contributed by atoms with Crippen molar-refractivity contribution in [1.29, 1.82) is 0 Å². The monoisotopic (exact) mass is 327 g/mol. The van der Waals surface area contributed by atoms with E-state index in [0.717, 1.165) is 0 Å². The predicted octanol–water partition coefficient (Wildman–Crippen LogP) is 3.33. The third kappa shape index (κ3) is 4.55. The number of anilines is 2. The van der Waals surface area contributed by atoms with Crippen molar-refractivity contribution in [3.05, 3.63) is 53.7 Å². The first-order chi connectivity index (χ1) is 11.5. The van der Waals surface area contributed by atoms with Crippen LogP contribution in [-0.4, -0.2) is 29.5 Å². The Labute approximate surface area is 141 Å². The highest BCUT2D eigenvalue weighted by Gasteiger charge is 2.15. The molecule has 6 heteroatoms. The summed E-state index contributed by atoms with van der Waals surface area (Å²) >= 11 is 0. The second-order valence-corrected chi connectivity index (χ2v) is 5.45. The number of carbonyl (C=O) groups excluding carboxylic acids is 2. The number of rotatable bonds is 6. The van der Waals surface area contributed by atoms with Crippen LogP contribution in [0.3, 0.4) is 0 Å². The van der Waals surface area contributed by atoms with Crippen molar-refractivity contribution in [2.45, 2.75) is 26.8 Å². The summed E-state index contributed by atoms with van der Waals surface area (Å²) in [4.78, 5) is 28.6. The van der Waals surface area contributed by atoms with Crippen LogP contribution in [0, 0.1) is 0 Å². The Morgan fingerprint density at radius 2 is 1.96 bits per heavy atom. The molecule has 0 unspecified atom stereocenters. The highest BCUT2D eigenvalue weighted by molar-refractivity contribution is 6.08. The summed E-state index contributed by atoms with van der Waals surface area (Å²) in [6, 6.07) is 10.2. The first kappa shape index (κ1) is 17.5. The summed E-state index contributed by atoms with van der Waals surface area (Å²) in [6.07, 6.45) is 1.57. The van der Waals surface area contributed by atoms with Gasteiger partial charge >= 0.3 is 5.97 Å². The highest BCUT2D eigenvalue weighted by atomic mass is 16.5. The van der Waals surface area contributed by atoms with Crippen molar-refractivity contribution in [2.24, 2.45) is 0 Å². The number of carbonyl (C=O) groups is 2. The number of para-hydroxylation sites is 1. The van der Waals surface area contributed by atoms with E-state index in [1.807, 2.05) is 13.8 Å². The Morgan fingerprint density at radius 1 is 1.21 bits per heavy atom. The van der Waals surface area contributed by atoms with Gasteiger partial charge in [0.2, 0.25) is 0 Å². The Kier molecular flexibility index (Phi) is 5.89. The number of nitrogens with zero attached hydrogens (tertiary/aromatic N) is 1. The zero-order chi connectivity index (χ0) is 17.5. The maximum atomic E-state index is 12.5. The molecule has 24 heavy (non-hydrogen) atoms. The summed E-state index contributed by atoms with van der Waals surface area (Å²) in [5.41, 5.74) is 1.19. The number of pyridine rings is 1. The number of hydrogen-bond donors (Lipinski definition) is 2. The number of amides is 1. The zero-order valence-electron chi connectivity index (χ0n) is 14.0. The van der Waals surface area contributed by atoms with E-state index >= 15 is 0 Å². The second kappa shape index (κ2) is 8.10. The molecule has 1 aromatic heterocycles. The van der Waals surface area contributed by atoms with Crippen LogP contribution in [0.2, 0.25) is 0 Å². The molecule has 1 aromatic carbocycles. The van der Waals surface area contributed by atoms with E-state index in [4.69, 9.17) is 4.74 Å². The second-order valence-electron chi connectivity index (χ2n) is 5.45. The molecule has 0 aliphatic carbocycles. The molecule has 0 aliphatic heterocycles. The van der Waals surface area contributed by atoms with Crippen LogP contribution in [0.25, 0.3) is 0 Å². The van der Waals surface area contributed by atoms with Crippen LogP contribution in [-0.2, 0) is 4.74 Å². The number of esters is 1. The number of benzene rings is 1. The Hall–Kier alpha value is -2.89. The average Bonchev–Trinajstić information content (AvgIpc) is 2.55. The summed E-state index contributed by atoms with van der Waals surface area (Å²) in [7, 11) is 0. The van der Waals surface area contributed by atoms with E-state index in [0.29, 0.717) is 22.6 Å². The molecule has 2 aromatic rings. The fourth-order valence-corrected chi connectivity index (χ4v) is 2.12. The van der Waals surface area contributed by atoms with Crippen molar-refractivity contribution in [3.63, 3.8) is 0 Å². The van der Waals surface area contributed by atoms with Crippen molar-refractivity contribution in [2.75, 3.05) is 17.2 Å². The zero-order valence-corrected chi connectivity index (χ0v) is 14.0. The molecule has 1 amide bonds. The maximum Gasteiger partial charge on any atom is 0.340 e. The van der Waals surface area contributed by atoms with E-state index in [-0.39, 0.29) is 18.6 Å². The molecule has 0 saturated heterocycles. The van der Waals surface area contributed by atoms with Gasteiger partial charge in [-0.15, -0.1) is 0 Å². The molecule has 126 valence electrons. The quantitative estimate of drug-likeness (QED) is 0.796. The van der Waals surface area contributed by atoms with Gasteiger partial charge < -0.3 is 15.4 Å².